The SMILES string of the molecule is CC(C)CCc1ccc(C(=O)O)c(CC(C)O)n1. The van der Waals surface area contributed by atoms with Crippen LogP contribution in [0, 0.1) is 5.92 Å². The monoisotopic (exact) mass is 251 g/mol. The predicted octanol–water partition coefficient (Wildman–Crippen LogP) is 2.29. The number of aromatic nitrogens is 1. The summed E-state index contributed by atoms with van der Waals surface area (Å²) in [6.45, 7) is 5.92. The van der Waals surface area contributed by atoms with E-state index in [4.69, 9.17) is 5.11 Å². The molecule has 0 amide bonds. The summed E-state index contributed by atoms with van der Waals surface area (Å²) in [4.78, 5) is 15.4. The summed E-state index contributed by atoms with van der Waals surface area (Å²) in [5, 5.41) is 18.5. The molecular formula is C14H21NO3. The first-order valence-electron chi connectivity index (χ1n) is 6.30. The van der Waals surface area contributed by atoms with Crippen LogP contribution in [0.2, 0.25) is 0 Å². The Morgan fingerprint density at radius 3 is 2.50 bits per heavy atom. The molecular weight excluding hydrogens is 230 g/mol. The summed E-state index contributed by atoms with van der Waals surface area (Å²) >= 11 is 0. The van der Waals surface area contributed by atoms with E-state index >= 15 is 0 Å². The highest BCUT2D eigenvalue weighted by atomic mass is 16.4. The molecule has 1 rings (SSSR count). The van der Waals surface area contributed by atoms with Crippen LogP contribution in [0.4, 0.5) is 0 Å². The standard InChI is InChI=1S/C14H21NO3/c1-9(2)4-5-11-6-7-12(14(17)18)13(15-11)8-10(3)16/h6-7,9-10,16H,4-5,8H2,1-3H3,(H,17,18). The molecule has 1 aromatic heterocycles. The topological polar surface area (TPSA) is 70.4 Å². The highest BCUT2D eigenvalue weighted by molar-refractivity contribution is 5.88. The molecule has 0 aromatic carbocycles. The molecule has 0 aliphatic carbocycles. The first kappa shape index (κ1) is 14.6. The van der Waals surface area contributed by atoms with Crippen molar-refractivity contribution >= 4 is 5.97 Å². The zero-order valence-electron chi connectivity index (χ0n) is 11.2. The first-order valence-corrected chi connectivity index (χ1v) is 6.30. The molecule has 1 aromatic rings. The highest BCUT2D eigenvalue weighted by Gasteiger charge is 2.14. The van der Waals surface area contributed by atoms with E-state index < -0.39 is 12.1 Å². The minimum Gasteiger partial charge on any atom is -0.478 e. The third kappa shape index (κ3) is 4.45. The van der Waals surface area contributed by atoms with Gasteiger partial charge in [-0.15, -0.1) is 0 Å². The summed E-state index contributed by atoms with van der Waals surface area (Å²) in [6, 6.07) is 3.35. The van der Waals surface area contributed by atoms with Crippen LogP contribution in [-0.2, 0) is 12.8 Å². The smallest absolute Gasteiger partial charge is 0.337 e. The molecule has 1 heterocycles. The molecule has 0 radical (unpaired) electrons. The lowest BCUT2D eigenvalue weighted by atomic mass is 10.0. The van der Waals surface area contributed by atoms with E-state index in [9.17, 15) is 9.90 Å². The zero-order chi connectivity index (χ0) is 13.7. The van der Waals surface area contributed by atoms with Crippen LogP contribution in [0.15, 0.2) is 12.1 Å². The predicted molar refractivity (Wildman–Crippen MR) is 69.7 cm³/mol. The third-order valence-electron chi connectivity index (χ3n) is 2.73. The van der Waals surface area contributed by atoms with Crippen LogP contribution < -0.4 is 0 Å². The van der Waals surface area contributed by atoms with Crippen molar-refractivity contribution in [1.29, 1.82) is 0 Å². The maximum Gasteiger partial charge on any atom is 0.337 e. The molecule has 2 N–H and O–H groups in total. The number of hydrogen-bond acceptors (Lipinski definition) is 3. The maximum absolute atomic E-state index is 11.1. The molecule has 0 spiro atoms. The molecule has 1 unspecified atom stereocenters. The fraction of sp³-hybridized carbons (Fsp3) is 0.571. The highest BCUT2D eigenvalue weighted by Crippen LogP contribution is 2.13. The molecule has 0 aliphatic heterocycles. The Balaban J connectivity index is 2.93. The van der Waals surface area contributed by atoms with Crippen molar-refractivity contribution in [1.82, 2.24) is 4.98 Å². The molecule has 0 saturated carbocycles. The van der Waals surface area contributed by atoms with Crippen LogP contribution in [-0.4, -0.2) is 27.3 Å². The second-order valence-electron chi connectivity index (χ2n) is 5.09. The quantitative estimate of drug-likeness (QED) is 0.813. The van der Waals surface area contributed by atoms with Gasteiger partial charge in [0.15, 0.2) is 0 Å². The van der Waals surface area contributed by atoms with Gasteiger partial charge in [-0.25, -0.2) is 4.79 Å². The summed E-state index contributed by atoms with van der Waals surface area (Å²) in [5.74, 6) is -0.403. The largest absolute Gasteiger partial charge is 0.478 e. The van der Waals surface area contributed by atoms with Gasteiger partial charge >= 0.3 is 5.97 Å². The summed E-state index contributed by atoms with van der Waals surface area (Å²) in [6.07, 6.45) is 1.55. The van der Waals surface area contributed by atoms with Gasteiger partial charge in [-0.1, -0.05) is 13.8 Å². The Kier molecular flexibility index (Phi) is 5.28. The average molecular weight is 251 g/mol. The van der Waals surface area contributed by atoms with E-state index in [0.717, 1.165) is 18.5 Å². The van der Waals surface area contributed by atoms with Crippen molar-refractivity contribution in [2.75, 3.05) is 0 Å². The van der Waals surface area contributed by atoms with Gasteiger partial charge in [-0.2, -0.15) is 0 Å². The van der Waals surface area contributed by atoms with E-state index in [1.807, 2.05) is 0 Å². The lowest BCUT2D eigenvalue weighted by molar-refractivity contribution is 0.0694. The van der Waals surface area contributed by atoms with Gasteiger partial charge in [0.1, 0.15) is 0 Å². The number of pyridine rings is 1. The van der Waals surface area contributed by atoms with Gasteiger partial charge in [-0.3, -0.25) is 4.98 Å². The number of aryl methyl sites for hydroxylation is 1. The molecule has 4 heteroatoms. The van der Waals surface area contributed by atoms with E-state index in [1.54, 1.807) is 19.1 Å². The van der Waals surface area contributed by atoms with Gasteiger partial charge in [0.25, 0.3) is 0 Å². The fourth-order valence-corrected chi connectivity index (χ4v) is 1.75. The Morgan fingerprint density at radius 1 is 1.33 bits per heavy atom. The molecule has 0 saturated heterocycles. The van der Waals surface area contributed by atoms with Crippen LogP contribution >= 0.6 is 0 Å². The molecule has 18 heavy (non-hydrogen) atoms. The Bertz CT molecular complexity index is 414. The summed E-state index contributed by atoms with van der Waals surface area (Å²) < 4.78 is 0. The van der Waals surface area contributed by atoms with Crippen molar-refractivity contribution in [2.24, 2.45) is 5.92 Å². The number of aliphatic hydroxyl groups is 1. The second-order valence-corrected chi connectivity index (χ2v) is 5.09. The molecule has 4 nitrogen and oxygen atoms in total. The zero-order valence-corrected chi connectivity index (χ0v) is 11.2. The first-order chi connectivity index (χ1) is 8.40. The van der Waals surface area contributed by atoms with Crippen molar-refractivity contribution in [3.8, 4) is 0 Å². The molecule has 0 bridgehead atoms. The minimum atomic E-state index is -0.992. The number of nitrogens with zero attached hydrogens (tertiary/aromatic N) is 1. The summed E-state index contributed by atoms with van der Waals surface area (Å²) in [7, 11) is 0. The van der Waals surface area contributed by atoms with Crippen LogP contribution in [0.3, 0.4) is 0 Å². The lowest BCUT2D eigenvalue weighted by Crippen LogP contribution is -2.13. The van der Waals surface area contributed by atoms with E-state index in [2.05, 4.69) is 18.8 Å². The van der Waals surface area contributed by atoms with E-state index in [-0.39, 0.29) is 12.0 Å². The molecule has 1 atom stereocenters. The number of aliphatic hydroxyl groups excluding tert-OH is 1. The van der Waals surface area contributed by atoms with Crippen molar-refractivity contribution in [3.63, 3.8) is 0 Å². The van der Waals surface area contributed by atoms with Crippen molar-refractivity contribution in [2.45, 2.75) is 46.1 Å². The Hall–Kier alpha value is -1.42. The van der Waals surface area contributed by atoms with E-state index in [1.165, 1.54) is 0 Å². The van der Waals surface area contributed by atoms with E-state index in [0.29, 0.717) is 11.6 Å². The minimum absolute atomic E-state index is 0.184. The second kappa shape index (κ2) is 6.50. The fourth-order valence-electron chi connectivity index (χ4n) is 1.75. The molecule has 100 valence electrons. The number of carboxylic acids is 1. The van der Waals surface area contributed by atoms with Crippen LogP contribution in [0.25, 0.3) is 0 Å². The van der Waals surface area contributed by atoms with Gasteiger partial charge in [-0.05, 0) is 37.8 Å². The molecule has 0 aliphatic rings. The number of aromatic carboxylic acids is 1. The summed E-state index contributed by atoms with van der Waals surface area (Å²) in [5.41, 5.74) is 1.55. The third-order valence-corrected chi connectivity index (χ3v) is 2.73. The van der Waals surface area contributed by atoms with Gasteiger partial charge in [0.05, 0.1) is 17.4 Å². The normalized spacial score (nSPS) is 12.7. The van der Waals surface area contributed by atoms with Crippen molar-refractivity contribution in [3.05, 3.63) is 29.1 Å². The van der Waals surface area contributed by atoms with Gasteiger partial charge < -0.3 is 10.2 Å². The number of carboxylic acid groups (broad SMARTS) is 1. The number of hydrogen-bond donors (Lipinski definition) is 2. The Morgan fingerprint density at radius 2 is 2.00 bits per heavy atom. The lowest BCUT2D eigenvalue weighted by Gasteiger charge is -2.10. The number of rotatable bonds is 6. The van der Waals surface area contributed by atoms with Crippen molar-refractivity contribution < 1.29 is 15.0 Å². The van der Waals surface area contributed by atoms with Gasteiger partial charge in [0, 0.05) is 12.1 Å². The van der Waals surface area contributed by atoms with Crippen LogP contribution in [0.5, 0.6) is 0 Å². The Labute approximate surface area is 108 Å². The molecule has 0 fully saturated rings. The van der Waals surface area contributed by atoms with Gasteiger partial charge in [0.2, 0.25) is 0 Å². The average Bonchev–Trinajstić information content (AvgIpc) is 2.25. The number of carbonyl (C=O) groups is 1. The maximum atomic E-state index is 11.1. The van der Waals surface area contributed by atoms with Crippen LogP contribution in [0.1, 0.15) is 48.9 Å².